The normalized spacial score (nSPS) is 15.9. The number of ether oxygens (including phenoxy) is 1. The Balaban J connectivity index is 1.44. The molecule has 0 radical (unpaired) electrons. The van der Waals surface area contributed by atoms with Crippen LogP contribution in [0.25, 0.3) is 33.3 Å². The Labute approximate surface area is 178 Å². The number of H-pyrrole nitrogens is 1. The van der Waals surface area contributed by atoms with Gasteiger partial charge in [0.1, 0.15) is 11.6 Å². The fourth-order valence-corrected chi connectivity index (χ4v) is 3.98. The second kappa shape index (κ2) is 7.65. The first-order valence-corrected chi connectivity index (χ1v) is 10.2. The molecule has 0 atom stereocenters. The lowest BCUT2D eigenvalue weighted by molar-refractivity contribution is -0.0221. The van der Waals surface area contributed by atoms with E-state index in [2.05, 4.69) is 27.1 Å². The van der Waals surface area contributed by atoms with Gasteiger partial charge in [0.15, 0.2) is 0 Å². The van der Waals surface area contributed by atoms with Crippen molar-refractivity contribution in [1.82, 2.24) is 15.0 Å². The van der Waals surface area contributed by atoms with Crippen molar-refractivity contribution >= 4 is 16.7 Å². The van der Waals surface area contributed by atoms with E-state index in [1.54, 1.807) is 19.5 Å². The van der Waals surface area contributed by atoms with Crippen molar-refractivity contribution in [3.63, 3.8) is 0 Å². The smallest absolute Gasteiger partial charge is 0.251 e. The van der Waals surface area contributed by atoms with Crippen LogP contribution in [0.3, 0.4) is 0 Å². The van der Waals surface area contributed by atoms with E-state index in [0.717, 1.165) is 39.1 Å². The molecule has 3 aromatic heterocycles. The van der Waals surface area contributed by atoms with Crippen LogP contribution in [0.5, 0.6) is 5.75 Å². The molecule has 1 aliphatic rings. The van der Waals surface area contributed by atoms with E-state index in [-0.39, 0.29) is 12.8 Å². The number of hydrogen-bond donors (Lipinski definition) is 1. The van der Waals surface area contributed by atoms with E-state index >= 15 is 0 Å². The molecule has 0 aliphatic carbocycles. The third-order valence-electron chi connectivity index (χ3n) is 5.78. The highest BCUT2D eigenvalue weighted by molar-refractivity contribution is 5.89. The van der Waals surface area contributed by atoms with E-state index in [9.17, 15) is 8.78 Å². The Bertz CT molecular complexity index is 1230. The number of hydrogen-bond acceptors (Lipinski definition) is 4. The molecular formula is C24H22F2N4O. The van der Waals surface area contributed by atoms with E-state index in [1.165, 1.54) is 0 Å². The van der Waals surface area contributed by atoms with Gasteiger partial charge >= 0.3 is 0 Å². The second-order valence-corrected chi connectivity index (χ2v) is 7.84. The zero-order valence-corrected chi connectivity index (χ0v) is 17.1. The van der Waals surface area contributed by atoms with Crippen molar-refractivity contribution < 1.29 is 13.5 Å². The number of anilines is 1. The van der Waals surface area contributed by atoms with Gasteiger partial charge < -0.3 is 14.6 Å². The Morgan fingerprint density at radius 2 is 1.81 bits per heavy atom. The van der Waals surface area contributed by atoms with E-state index in [0.29, 0.717) is 18.8 Å². The fraction of sp³-hybridized carbons (Fsp3) is 0.250. The van der Waals surface area contributed by atoms with Crippen LogP contribution in [-0.2, 0) is 0 Å². The van der Waals surface area contributed by atoms with E-state index in [4.69, 9.17) is 4.74 Å². The molecule has 5 nitrogen and oxygen atoms in total. The van der Waals surface area contributed by atoms with Gasteiger partial charge in [0, 0.05) is 66.0 Å². The molecule has 7 heteroatoms. The third-order valence-corrected chi connectivity index (χ3v) is 5.78. The molecule has 1 aliphatic heterocycles. The van der Waals surface area contributed by atoms with Gasteiger partial charge in [-0.1, -0.05) is 6.07 Å². The molecule has 4 aromatic rings. The Kier molecular flexibility index (Phi) is 4.81. The summed E-state index contributed by atoms with van der Waals surface area (Å²) in [5.41, 5.74) is 4.99. The van der Waals surface area contributed by atoms with Crippen molar-refractivity contribution in [3.8, 4) is 28.1 Å². The van der Waals surface area contributed by atoms with Crippen LogP contribution in [0.4, 0.5) is 14.6 Å². The number of rotatable bonds is 4. The summed E-state index contributed by atoms with van der Waals surface area (Å²) in [6.07, 6.45) is 4.96. The first-order valence-electron chi connectivity index (χ1n) is 10.2. The van der Waals surface area contributed by atoms with Gasteiger partial charge in [-0.25, -0.2) is 13.8 Å². The molecular weight excluding hydrogens is 398 g/mol. The Morgan fingerprint density at radius 3 is 2.61 bits per heavy atom. The molecule has 4 heterocycles. The van der Waals surface area contributed by atoms with Gasteiger partial charge in [0.05, 0.1) is 13.3 Å². The van der Waals surface area contributed by atoms with Gasteiger partial charge in [-0.2, -0.15) is 0 Å². The van der Waals surface area contributed by atoms with Gasteiger partial charge in [-0.3, -0.25) is 4.98 Å². The first kappa shape index (κ1) is 19.5. The predicted molar refractivity (Wildman–Crippen MR) is 118 cm³/mol. The summed E-state index contributed by atoms with van der Waals surface area (Å²) in [7, 11) is 1.63. The molecule has 1 saturated heterocycles. The lowest BCUT2D eigenvalue weighted by atomic mass is 10.1. The third kappa shape index (κ3) is 3.95. The van der Waals surface area contributed by atoms with Gasteiger partial charge in [0.2, 0.25) is 0 Å². The van der Waals surface area contributed by atoms with Crippen LogP contribution in [0.15, 0.2) is 61.1 Å². The zero-order chi connectivity index (χ0) is 21.4. The minimum atomic E-state index is -2.57. The molecule has 0 amide bonds. The zero-order valence-electron chi connectivity index (χ0n) is 17.1. The highest BCUT2D eigenvalue weighted by atomic mass is 19.3. The maximum atomic E-state index is 13.5. The van der Waals surface area contributed by atoms with Crippen LogP contribution in [0.2, 0.25) is 0 Å². The number of aromatic nitrogens is 3. The highest BCUT2D eigenvalue weighted by Crippen LogP contribution is 2.33. The number of nitrogens with one attached hydrogen (secondary N) is 1. The number of alkyl halides is 2. The van der Waals surface area contributed by atoms with Gasteiger partial charge in [-0.05, 0) is 42.0 Å². The molecule has 1 aromatic carbocycles. The lowest BCUT2D eigenvalue weighted by Gasteiger charge is -2.32. The SMILES string of the molecule is COc1cncc(-c2ccc3[nH]c(-c4ccnc(N5CCC(F)(F)CC5)c4)cc3c2)c1. The molecule has 1 N–H and O–H groups in total. The number of fused-ring (bicyclic) bond motifs is 1. The van der Waals surface area contributed by atoms with E-state index in [1.807, 2.05) is 41.4 Å². The molecule has 158 valence electrons. The van der Waals surface area contributed by atoms with Crippen LogP contribution < -0.4 is 9.64 Å². The monoisotopic (exact) mass is 420 g/mol. The van der Waals surface area contributed by atoms with Crippen molar-refractivity contribution in [1.29, 1.82) is 0 Å². The van der Waals surface area contributed by atoms with Crippen LogP contribution in [-0.4, -0.2) is 41.1 Å². The summed E-state index contributed by atoms with van der Waals surface area (Å²) in [6, 6.07) is 14.1. The Hall–Kier alpha value is -3.48. The number of nitrogens with zero attached hydrogens (tertiary/aromatic N) is 3. The summed E-state index contributed by atoms with van der Waals surface area (Å²) < 4.78 is 32.3. The molecule has 0 spiro atoms. The van der Waals surface area contributed by atoms with Crippen molar-refractivity contribution in [2.45, 2.75) is 18.8 Å². The maximum absolute atomic E-state index is 13.5. The van der Waals surface area contributed by atoms with Gasteiger partial charge in [0.25, 0.3) is 5.92 Å². The maximum Gasteiger partial charge on any atom is 0.251 e. The first-order chi connectivity index (χ1) is 15.0. The van der Waals surface area contributed by atoms with E-state index < -0.39 is 5.92 Å². The van der Waals surface area contributed by atoms with Crippen molar-refractivity contribution in [2.75, 3.05) is 25.1 Å². The quantitative estimate of drug-likeness (QED) is 0.471. The van der Waals surface area contributed by atoms with Gasteiger partial charge in [-0.15, -0.1) is 0 Å². The summed E-state index contributed by atoms with van der Waals surface area (Å²) in [5.74, 6) is -1.12. The fourth-order valence-electron chi connectivity index (χ4n) is 3.98. The molecule has 31 heavy (non-hydrogen) atoms. The van der Waals surface area contributed by atoms with Crippen LogP contribution in [0, 0.1) is 0 Å². The second-order valence-electron chi connectivity index (χ2n) is 7.84. The molecule has 0 saturated carbocycles. The van der Waals surface area contributed by atoms with Crippen molar-refractivity contribution in [2.24, 2.45) is 0 Å². The number of piperidine rings is 1. The summed E-state index contributed by atoms with van der Waals surface area (Å²) >= 11 is 0. The number of benzene rings is 1. The number of aromatic amines is 1. The number of halogens is 2. The number of methoxy groups -OCH3 is 1. The highest BCUT2D eigenvalue weighted by Gasteiger charge is 2.34. The standard InChI is InChI=1S/C24H22F2N4O/c1-31-20-11-19(14-27-15-20)16-2-3-21-18(10-16)12-22(29-21)17-4-7-28-23(13-17)30-8-5-24(25,26)6-9-30/h2-4,7,10-15,29H,5-6,8-9H2,1H3. The molecule has 0 unspecified atom stereocenters. The largest absolute Gasteiger partial charge is 0.495 e. The molecule has 1 fully saturated rings. The molecule has 0 bridgehead atoms. The average Bonchev–Trinajstić information content (AvgIpc) is 3.23. The topological polar surface area (TPSA) is 54.0 Å². The summed E-state index contributed by atoms with van der Waals surface area (Å²) in [6.45, 7) is 0.627. The summed E-state index contributed by atoms with van der Waals surface area (Å²) in [4.78, 5) is 14.0. The van der Waals surface area contributed by atoms with Crippen LogP contribution in [0.1, 0.15) is 12.8 Å². The minimum absolute atomic E-state index is 0.132. The predicted octanol–water partition coefficient (Wildman–Crippen LogP) is 5.54. The Morgan fingerprint density at radius 1 is 0.968 bits per heavy atom. The van der Waals surface area contributed by atoms with Crippen LogP contribution >= 0.6 is 0 Å². The number of pyridine rings is 2. The lowest BCUT2D eigenvalue weighted by Crippen LogP contribution is -2.39. The molecule has 5 rings (SSSR count). The summed E-state index contributed by atoms with van der Waals surface area (Å²) in [5, 5.41) is 1.08. The van der Waals surface area contributed by atoms with Crippen molar-refractivity contribution in [3.05, 3.63) is 61.1 Å². The average molecular weight is 420 g/mol. The minimum Gasteiger partial charge on any atom is -0.495 e.